The predicted molar refractivity (Wildman–Crippen MR) is 87.9 cm³/mol. The lowest BCUT2D eigenvalue weighted by Gasteiger charge is -2.39. The molecule has 1 aromatic carbocycles. The van der Waals surface area contributed by atoms with Crippen LogP contribution in [-0.2, 0) is 0 Å². The Morgan fingerprint density at radius 1 is 1.23 bits per heavy atom. The normalized spacial score (nSPS) is 17.9. The van der Waals surface area contributed by atoms with E-state index in [1.807, 2.05) is 0 Å². The average molecular weight is 396 g/mol. The van der Waals surface area contributed by atoms with Crippen LogP contribution >= 0.6 is 47.2 Å². The Balaban J connectivity index is 0.00000242. The lowest BCUT2D eigenvalue weighted by atomic mass is 9.98. The van der Waals surface area contributed by atoms with E-state index in [-0.39, 0.29) is 33.0 Å². The van der Waals surface area contributed by atoms with E-state index in [1.54, 1.807) is 4.90 Å². The van der Waals surface area contributed by atoms with Crippen LogP contribution in [0.3, 0.4) is 0 Å². The Hall–Kier alpha value is 0.120. The molecule has 0 aliphatic carbocycles. The minimum absolute atomic E-state index is 0. The molecule has 22 heavy (non-hydrogen) atoms. The fraction of sp³-hybridized carbons (Fsp3) is 0.538. The highest BCUT2D eigenvalue weighted by Crippen LogP contribution is 2.42. The third kappa shape index (κ3) is 4.35. The number of alkyl halides is 2. The van der Waals surface area contributed by atoms with Crippen LogP contribution in [0.25, 0.3) is 0 Å². The summed E-state index contributed by atoms with van der Waals surface area (Å²) in [4.78, 5) is 1.58. The molecule has 0 aromatic heterocycles. The van der Waals surface area contributed by atoms with Crippen molar-refractivity contribution in [3.63, 3.8) is 0 Å². The molecule has 0 amide bonds. The molecule has 3 nitrogen and oxygen atoms in total. The molecule has 1 aliphatic heterocycles. The molecule has 2 N–H and O–H groups in total. The third-order valence-electron chi connectivity index (χ3n) is 3.44. The summed E-state index contributed by atoms with van der Waals surface area (Å²) in [6.07, 6.45) is 0. The van der Waals surface area contributed by atoms with E-state index in [0.29, 0.717) is 26.2 Å². The van der Waals surface area contributed by atoms with Crippen molar-refractivity contribution in [2.75, 3.05) is 32.8 Å². The van der Waals surface area contributed by atoms with E-state index in [1.165, 1.54) is 12.1 Å². The van der Waals surface area contributed by atoms with E-state index in [2.05, 4.69) is 5.32 Å². The van der Waals surface area contributed by atoms with E-state index in [0.717, 1.165) is 0 Å². The Bertz CT molecular complexity index is 513. The molecule has 1 aromatic rings. The van der Waals surface area contributed by atoms with E-state index < -0.39 is 18.6 Å². The van der Waals surface area contributed by atoms with Crippen molar-refractivity contribution in [1.82, 2.24) is 10.2 Å². The highest BCUT2D eigenvalue weighted by atomic mass is 35.5. The van der Waals surface area contributed by atoms with Gasteiger partial charge in [0.1, 0.15) is 12.6 Å². The number of piperazine rings is 1. The van der Waals surface area contributed by atoms with Gasteiger partial charge in [-0.05, 0) is 17.7 Å². The van der Waals surface area contributed by atoms with Crippen molar-refractivity contribution in [1.29, 1.82) is 0 Å². The van der Waals surface area contributed by atoms with Gasteiger partial charge in [-0.15, -0.1) is 12.4 Å². The van der Waals surface area contributed by atoms with Gasteiger partial charge in [0.05, 0.1) is 10.0 Å². The molecule has 0 spiro atoms. The predicted octanol–water partition coefficient (Wildman–Crippen LogP) is 3.64. The first-order valence-electron chi connectivity index (χ1n) is 6.44. The van der Waals surface area contributed by atoms with Crippen molar-refractivity contribution in [3.05, 3.63) is 32.8 Å². The molecule has 1 atom stereocenters. The fourth-order valence-corrected chi connectivity index (χ4v) is 3.21. The zero-order valence-electron chi connectivity index (χ0n) is 11.5. The largest absolute Gasteiger partial charge is 0.390 e. The Morgan fingerprint density at radius 2 is 1.82 bits per heavy atom. The minimum atomic E-state index is -3.35. The molecule has 126 valence electrons. The highest BCUT2D eigenvalue weighted by Gasteiger charge is 2.45. The molecule has 1 saturated heterocycles. The van der Waals surface area contributed by atoms with Crippen LogP contribution in [0.4, 0.5) is 8.78 Å². The van der Waals surface area contributed by atoms with Gasteiger partial charge in [0.25, 0.3) is 5.92 Å². The number of hydrogen-bond acceptors (Lipinski definition) is 3. The molecule has 0 unspecified atom stereocenters. The molecule has 1 fully saturated rings. The van der Waals surface area contributed by atoms with Gasteiger partial charge in [-0.1, -0.05) is 34.8 Å². The standard InChI is InChI=1S/C13H15Cl3F2N2O.ClH/c14-8-5-9(11(16)10(15)6-8)12(13(17,18)7-21)20-3-1-19-2-4-20;/h5-6,12,19,21H,1-4,7H2;1H/t12-;/m1./s1. The summed E-state index contributed by atoms with van der Waals surface area (Å²) in [7, 11) is 0. The topological polar surface area (TPSA) is 35.5 Å². The Morgan fingerprint density at radius 3 is 2.36 bits per heavy atom. The second kappa shape index (κ2) is 8.29. The molecule has 1 aliphatic rings. The van der Waals surface area contributed by atoms with Gasteiger partial charge in [-0.2, -0.15) is 0 Å². The Kier molecular flexibility index (Phi) is 7.60. The van der Waals surface area contributed by atoms with E-state index >= 15 is 0 Å². The van der Waals surface area contributed by atoms with Crippen LogP contribution < -0.4 is 5.32 Å². The van der Waals surface area contributed by atoms with Crippen LogP contribution in [0.1, 0.15) is 11.6 Å². The highest BCUT2D eigenvalue weighted by molar-refractivity contribution is 6.43. The maximum absolute atomic E-state index is 14.3. The third-order valence-corrected chi connectivity index (χ3v) is 4.48. The van der Waals surface area contributed by atoms with Crippen molar-refractivity contribution in [3.8, 4) is 0 Å². The van der Waals surface area contributed by atoms with Crippen LogP contribution in [-0.4, -0.2) is 48.7 Å². The van der Waals surface area contributed by atoms with Crippen LogP contribution in [0.2, 0.25) is 15.1 Å². The quantitative estimate of drug-likeness (QED) is 0.764. The summed E-state index contributed by atoms with van der Waals surface area (Å²) in [6.45, 7) is 0.733. The number of nitrogens with one attached hydrogen (secondary N) is 1. The molecule has 0 saturated carbocycles. The van der Waals surface area contributed by atoms with Gasteiger partial charge in [-0.3, -0.25) is 4.90 Å². The van der Waals surface area contributed by atoms with Crippen LogP contribution in [0.15, 0.2) is 12.1 Å². The lowest BCUT2D eigenvalue weighted by molar-refractivity contribution is -0.118. The fourth-order valence-electron chi connectivity index (χ4n) is 2.49. The zero-order chi connectivity index (χ0) is 15.6. The summed E-state index contributed by atoms with van der Waals surface area (Å²) < 4.78 is 28.5. The maximum Gasteiger partial charge on any atom is 0.289 e. The monoisotopic (exact) mass is 394 g/mol. The van der Waals surface area contributed by atoms with Gasteiger partial charge >= 0.3 is 0 Å². The number of benzene rings is 1. The van der Waals surface area contributed by atoms with E-state index in [9.17, 15) is 8.78 Å². The maximum atomic E-state index is 14.3. The first kappa shape index (κ1) is 20.2. The molecule has 0 radical (unpaired) electrons. The summed E-state index contributed by atoms with van der Waals surface area (Å²) >= 11 is 18.0. The second-order valence-corrected chi connectivity index (χ2v) is 6.12. The number of rotatable bonds is 4. The van der Waals surface area contributed by atoms with Gasteiger partial charge < -0.3 is 10.4 Å². The molecule has 9 heteroatoms. The number of nitrogens with zero attached hydrogens (tertiary/aromatic N) is 1. The van der Waals surface area contributed by atoms with Gasteiger partial charge in [-0.25, -0.2) is 8.78 Å². The molecule has 1 heterocycles. The van der Waals surface area contributed by atoms with Crippen molar-refractivity contribution < 1.29 is 13.9 Å². The van der Waals surface area contributed by atoms with Gasteiger partial charge in [0, 0.05) is 31.2 Å². The van der Waals surface area contributed by atoms with Crippen LogP contribution in [0, 0.1) is 0 Å². The smallest absolute Gasteiger partial charge is 0.289 e. The molecular formula is C13H16Cl4F2N2O. The molecule has 0 bridgehead atoms. The number of aliphatic hydroxyl groups is 1. The SMILES string of the molecule is Cl.OCC(F)(F)[C@@H](c1cc(Cl)cc(Cl)c1Cl)N1CCNCC1. The Labute approximate surface area is 148 Å². The molecule has 2 rings (SSSR count). The summed E-state index contributed by atoms with van der Waals surface area (Å²) in [5.74, 6) is -3.35. The molecular weight excluding hydrogens is 380 g/mol. The number of aliphatic hydroxyl groups excluding tert-OH is 1. The summed E-state index contributed by atoms with van der Waals surface area (Å²) in [5.41, 5.74) is 0.134. The lowest BCUT2D eigenvalue weighted by Crippen LogP contribution is -2.51. The first-order chi connectivity index (χ1) is 9.86. The number of halogens is 6. The first-order valence-corrected chi connectivity index (χ1v) is 7.58. The summed E-state index contributed by atoms with van der Waals surface area (Å²) in [6, 6.07) is 1.42. The zero-order valence-corrected chi connectivity index (χ0v) is 14.5. The van der Waals surface area contributed by atoms with E-state index in [4.69, 9.17) is 39.9 Å². The number of hydrogen-bond donors (Lipinski definition) is 2. The van der Waals surface area contributed by atoms with Gasteiger partial charge in [0.2, 0.25) is 0 Å². The van der Waals surface area contributed by atoms with Crippen molar-refractivity contribution in [2.45, 2.75) is 12.0 Å². The second-order valence-electron chi connectivity index (χ2n) is 4.90. The summed E-state index contributed by atoms with van der Waals surface area (Å²) in [5, 5.41) is 12.6. The van der Waals surface area contributed by atoms with Crippen molar-refractivity contribution in [2.24, 2.45) is 0 Å². The van der Waals surface area contributed by atoms with Crippen molar-refractivity contribution >= 4 is 47.2 Å². The minimum Gasteiger partial charge on any atom is -0.390 e. The van der Waals surface area contributed by atoms with Gasteiger partial charge in [0.15, 0.2) is 0 Å². The van der Waals surface area contributed by atoms with Crippen LogP contribution in [0.5, 0.6) is 0 Å². The average Bonchev–Trinajstić information content (AvgIpc) is 2.45.